The molecule has 0 heterocycles. The van der Waals surface area contributed by atoms with E-state index in [2.05, 4.69) is 5.09 Å². The zero-order valence-electron chi connectivity index (χ0n) is 5.22. The molecule has 0 aliphatic carbocycles. The van der Waals surface area contributed by atoms with Crippen molar-refractivity contribution in [2.75, 3.05) is 13.2 Å². The Morgan fingerprint density at radius 3 is 2.38 bits per heavy atom. The SMILES string of the molecule is CCCP(=O)(O)NC. The van der Waals surface area contributed by atoms with Gasteiger partial charge in [0.2, 0.25) is 0 Å². The van der Waals surface area contributed by atoms with E-state index in [0.29, 0.717) is 6.16 Å². The Balaban J connectivity index is 3.55. The van der Waals surface area contributed by atoms with Crippen LogP contribution in [-0.2, 0) is 4.57 Å². The minimum atomic E-state index is -2.92. The second-order valence-electron chi connectivity index (χ2n) is 1.65. The Labute approximate surface area is 49.6 Å². The van der Waals surface area contributed by atoms with E-state index in [1.807, 2.05) is 6.92 Å². The van der Waals surface area contributed by atoms with Gasteiger partial charge in [0.05, 0.1) is 0 Å². The monoisotopic (exact) mass is 137 g/mol. The number of nitrogens with one attached hydrogen (secondary N) is 1. The summed E-state index contributed by atoms with van der Waals surface area (Å²) in [5, 5.41) is 2.35. The molecule has 2 N–H and O–H groups in total. The summed E-state index contributed by atoms with van der Waals surface area (Å²) in [6, 6.07) is 0. The second kappa shape index (κ2) is 3.23. The lowest BCUT2D eigenvalue weighted by Crippen LogP contribution is -2.04. The maximum absolute atomic E-state index is 10.6. The van der Waals surface area contributed by atoms with Crippen LogP contribution in [0.15, 0.2) is 0 Å². The van der Waals surface area contributed by atoms with E-state index in [1.54, 1.807) is 0 Å². The largest absolute Gasteiger partial charge is 0.333 e. The molecule has 0 aliphatic heterocycles. The maximum Gasteiger partial charge on any atom is 0.266 e. The lowest BCUT2D eigenvalue weighted by atomic mass is 10.6. The molecule has 0 saturated carbocycles. The number of hydrogen-bond donors (Lipinski definition) is 2. The van der Waals surface area contributed by atoms with Crippen LogP contribution in [0.1, 0.15) is 13.3 Å². The molecular formula is C4H12NO2P. The van der Waals surface area contributed by atoms with Crippen molar-refractivity contribution in [3.05, 3.63) is 0 Å². The predicted molar refractivity (Wildman–Crippen MR) is 34.0 cm³/mol. The van der Waals surface area contributed by atoms with Gasteiger partial charge in [-0.15, -0.1) is 0 Å². The first-order valence-corrected chi connectivity index (χ1v) is 4.47. The van der Waals surface area contributed by atoms with Gasteiger partial charge in [0.25, 0.3) is 7.52 Å². The van der Waals surface area contributed by atoms with Crippen molar-refractivity contribution < 1.29 is 9.46 Å². The van der Waals surface area contributed by atoms with Crippen molar-refractivity contribution >= 4 is 7.52 Å². The van der Waals surface area contributed by atoms with Crippen molar-refractivity contribution in [2.45, 2.75) is 13.3 Å². The summed E-state index contributed by atoms with van der Waals surface area (Å²) in [5.41, 5.74) is 0. The lowest BCUT2D eigenvalue weighted by Gasteiger charge is -2.05. The fourth-order valence-corrected chi connectivity index (χ4v) is 1.24. The van der Waals surface area contributed by atoms with E-state index in [-0.39, 0.29) is 0 Å². The first-order valence-electron chi connectivity index (χ1n) is 2.63. The third-order valence-electron chi connectivity index (χ3n) is 0.876. The molecule has 50 valence electrons. The highest BCUT2D eigenvalue weighted by atomic mass is 31.2. The molecule has 1 atom stereocenters. The minimum absolute atomic E-state index is 0.365. The van der Waals surface area contributed by atoms with Crippen LogP contribution in [0.5, 0.6) is 0 Å². The first-order chi connectivity index (χ1) is 3.62. The molecule has 0 bridgehead atoms. The third kappa shape index (κ3) is 3.19. The molecule has 0 amide bonds. The van der Waals surface area contributed by atoms with Gasteiger partial charge in [0.15, 0.2) is 0 Å². The predicted octanol–water partition coefficient (Wildman–Crippen LogP) is 0.801. The van der Waals surface area contributed by atoms with E-state index >= 15 is 0 Å². The van der Waals surface area contributed by atoms with Gasteiger partial charge in [0, 0.05) is 6.16 Å². The summed E-state index contributed by atoms with van der Waals surface area (Å²) < 4.78 is 10.6. The van der Waals surface area contributed by atoms with Gasteiger partial charge in [-0.1, -0.05) is 6.92 Å². The van der Waals surface area contributed by atoms with Gasteiger partial charge in [-0.3, -0.25) is 4.57 Å². The van der Waals surface area contributed by atoms with E-state index < -0.39 is 7.52 Å². The van der Waals surface area contributed by atoms with Crippen molar-refractivity contribution in [3.63, 3.8) is 0 Å². The smallest absolute Gasteiger partial charge is 0.266 e. The van der Waals surface area contributed by atoms with E-state index in [1.165, 1.54) is 7.05 Å². The summed E-state index contributed by atoms with van der Waals surface area (Å²) in [7, 11) is -1.43. The summed E-state index contributed by atoms with van der Waals surface area (Å²) in [5.74, 6) is 0. The molecule has 1 unspecified atom stereocenters. The fraction of sp³-hybridized carbons (Fsp3) is 1.00. The van der Waals surface area contributed by atoms with Crippen molar-refractivity contribution in [3.8, 4) is 0 Å². The highest BCUT2D eigenvalue weighted by Crippen LogP contribution is 2.34. The topological polar surface area (TPSA) is 49.3 Å². The highest BCUT2D eigenvalue weighted by Gasteiger charge is 2.10. The van der Waals surface area contributed by atoms with Crippen molar-refractivity contribution in [1.29, 1.82) is 0 Å². The maximum atomic E-state index is 10.6. The Morgan fingerprint density at radius 2 is 2.25 bits per heavy atom. The highest BCUT2D eigenvalue weighted by molar-refractivity contribution is 7.55. The molecule has 4 heteroatoms. The summed E-state index contributed by atoms with van der Waals surface area (Å²) >= 11 is 0. The summed E-state index contributed by atoms with van der Waals surface area (Å²) in [6.07, 6.45) is 1.11. The van der Waals surface area contributed by atoms with Gasteiger partial charge >= 0.3 is 0 Å². The third-order valence-corrected chi connectivity index (χ3v) is 2.63. The molecule has 0 aliphatic rings. The van der Waals surface area contributed by atoms with Crippen LogP contribution in [0, 0.1) is 0 Å². The zero-order chi connectivity index (χ0) is 6.62. The first kappa shape index (κ1) is 8.15. The van der Waals surface area contributed by atoms with Crippen LogP contribution in [0.3, 0.4) is 0 Å². The molecule has 0 spiro atoms. The number of rotatable bonds is 3. The molecule has 0 aromatic rings. The molecule has 0 fully saturated rings. The standard InChI is InChI=1S/C4H12NO2P/c1-3-4-8(6,7)5-2/h3-4H2,1-2H3,(H2,5,6,7). The van der Waals surface area contributed by atoms with E-state index in [4.69, 9.17) is 4.89 Å². The van der Waals surface area contributed by atoms with Crippen LogP contribution in [0.4, 0.5) is 0 Å². The van der Waals surface area contributed by atoms with Crippen LogP contribution in [-0.4, -0.2) is 18.1 Å². The van der Waals surface area contributed by atoms with Gasteiger partial charge in [-0.2, -0.15) is 0 Å². The lowest BCUT2D eigenvalue weighted by molar-refractivity contribution is 0.467. The van der Waals surface area contributed by atoms with Crippen LogP contribution in [0.25, 0.3) is 0 Å². The van der Waals surface area contributed by atoms with Crippen molar-refractivity contribution in [2.24, 2.45) is 0 Å². The Bertz CT molecular complexity index is 104. The Morgan fingerprint density at radius 1 is 1.75 bits per heavy atom. The second-order valence-corrected chi connectivity index (χ2v) is 3.95. The molecule has 0 aromatic heterocycles. The van der Waals surface area contributed by atoms with E-state index in [0.717, 1.165) is 6.42 Å². The normalized spacial score (nSPS) is 17.9. The number of hydrogen-bond acceptors (Lipinski definition) is 1. The Kier molecular flexibility index (Phi) is 3.29. The average molecular weight is 137 g/mol. The molecule has 0 saturated heterocycles. The quantitative estimate of drug-likeness (QED) is 0.565. The van der Waals surface area contributed by atoms with Crippen LogP contribution < -0.4 is 5.09 Å². The average Bonchev–Trinajstić information content (AvgIpc) is 1.67. The molecule has 3 nitrogen and oxygen atoms in total. The molecule has 0 aromatic carbocycles. The summed E-state index contributed by atoms with van der Waals surface area (Å²) in [6.45, 7) is 1.88. The molecular weight excluding hydrogens is 125 g/mol. The molecule has 0 radical (unpaired) electrons. The van der Waals surface area contributed by atoms with Crippen LogP contribution in [0.2, 0.25) is 0 Å². The fourth-order valence-electron chi connectivity index (χ4n) is 0.415. The molecule has 8 heavy (non-hydrogen) atoms. The Hall–Kier alpha value is 0.150. The van der Waals surface area contributed by atoms with Gasteiger partial charge in [-0.25, -0.2) is 5.09 Å². The van der Waals surface area contributed by atoms with Gasteiger partial charge < -0.3 is 4.89 Å². The minimum Gasteiger partial charge on any atom is -0.333 e. The van der Waals surface area contributed by atoms with E-state index in [9.17, 15) is 4.57 Å². The van der Waals surface area contributed by atoms with Crippen molar-refractivity contribution in [1.82, 2.24) is 5.09 Å². The van der Waals surface area contributed by atoms with Gasteiger partial charge in [0.1, 0.15) is 0 Å². The summed E-state index contributed by atoms with van der Waals surface area (Å²) in [4.78, 5) is 8.77. The van der Waals surface area contributed by atoms with Crippen LogP contribution >= 0.6 is 7.52 Å². The van der Waals surface area contributed by atoms with Gasteiger partial charge in [-0.05, 0) is 13.5 Å². The zero-order valence-corrected chi connectivity index (χ0v) is 6.11. The molecule has 0 rings (SSSR count).